The lowest BCUT2D eigenvalue weighted by molar-refractivity contribution is 0.675. The molecule has 0 amide bonds. The lowest BCUT2D eigenvalue weighted by Gasteiger charge is -2.06. The Labute approximate surface area is 87.1 Å². The van der Waals surface area contributed by atoms with E-state index < -0.39 is 0 Å². The second kappa shape index (κ2) is 5.11. The molecule has 0 bridgehead atoms. The highest BCUT2D eigenvalue weighted by Gasteiger charge is 2.04. The molecule has 1 rings (SSSR count). The van der Waals surface area contributed by atoms with Crippen molar-refractivity contribution in [2.45, 2.75) is 13.3 Å². The van der Waals surface area contributed by atoms with Crippen LogP contribution in [0, 0.1) is 17.2 Å². The van der Waals surface area contributed by atoms with Crippen LogP contribution in [-0.4, -0.2) is 6.54 Å². The van der Waals surface area contributed by atoms with Crippen LogP contribution >= 0.6 is 22.9 Å². The quantitative estimate of drug-likeness (QED) is 0.834. The average Bonchev–Trinajstić information content (AvgIpc) is 2.53. The van der Waals surface area contributed by atoms with Gasteiger partial charge in [-0.05, 0) is 18.6 Å². The Kier molecular flexibility index (Phi) is 4.07. The highest BCUT2D eigenvalue weighted by molar-refractivity contribution is 7.19. The van der Waals surface area contributed by atoms with Crippen LogP contribution in [0.15, 0.2) is 12.1 Å². The molecule has 2 nitrogen and oxygen atoms in total. The zero-order valence-electron chi connectivity index (χ0n) is 7.38. The number of halogens is 1. The lowest BCUT2D eigenvalue weighted by Crippen LogP contribution is -2.10. The van der Waals surface area contributed by atoms with Gasteiger partial charge in [0.25, 0.3) is 0 Å². The van der Waals surface area contributed by atoms with Crippen LogP contribution < -0.4 is 5.32 Å². The number of hydrogen-bond donors (Lipinski definition) is 1. The Morgan fingerprint density at radius 3 is 2.92 bits per heavy atom. The van der Waals surface area contributed by atoms with Crippen molar-refractivity contribution in [3.05, 3.63) is 16.5 Å². The maximum Gasteiger partial charge on any atom is 0.0950 e. The summed E-state index contributed by atoms with van der Waals surface area (Å²) < 4.78 is 0.771. The van der Waals surface area contributed by atoms with Crippen LogP contribution in [0.3, 0.4) is 0 Å². The predicted octanol–water partition coefficient (Wildman–Crippen LogP) is 3.36. The molecule has 0 aliphatic carbocycles. The lowest BCUT2D eigenvalue weighted by atomic mass is 10.1. The van der Waals surface area contributed by atoms with E-state index in [1.54, 1.807) is 0 Å². The van der Waals surface area contributed by atoms with Crippen molar-refractivity contribution in [2.24, 2.45) is 5.92 Å². The first-order chi connectivity index (χ1) is 6.26. The summed E-state index contributed by atoms with van der Waals surface area (Å²) in [4.78, 5) is 0. The molecule has 0 fully saturated rings. The third kappa shape index (κ3) is 3.25. The van der Waals surface area contributed by atoms with Crippen molar-refractivity contribution in [3.8, 4) is 6.07 Å². The van der Waals surface area contributed by atoms with Crippen molar-refractivity contribution in [1.82, 2.24) is 0 Å². The first-order valence-corrected chi connectivity index (χ1v) is 5.34. The normalized spacial score (nSPS) is 12.1. The van der Waals surface area contributed by atoms with Crippen LogP contribution in [0.25, 0.3) is 0 Å². The minimum atomic E-state index is 0.0841. The maximum atomic E-state index is 8.70. The Hall–Kier alpha value is -0.720. The van der Waals surface area contributed by atoms with Gasteiger partial charge >= 0.3 is 0 Å². The summed E-state index contributed by atoms with van der Waals surface area (Å²) in [5, 5.41) is 12.9. The second-order valence-corrected chi connectivity index (χ2v) is 4.43. The number of nitrogens with zero attached hydrogens (tertiary/aromatic N) is 1. The van der Waals surface area contributed by atoms with Crippen LogP contribution in [0.2, 0.25) is 4.34 Å². The van der Waals surface area contributed by atoms with E-state index in [4.69, 9.17) is 16.9 Å². The molecule has 0 saturated heterocycles. The molecule has 0 spiro atoms. The van der Waals surface area contributed by atoms with Gasteiger partial charge in [-0.25, -0.2) is 0 Å². The molecule has 13 heavy (non-hydrogen) atoms. The number of hydrogen-bond acceptors (Lipinski definition) is 3. The fourth-order valence-corrected chi connectivity index (χ4v) is 1.86. The number of thiophene rings is 1. The van der Waals surface area contributed by atoms with Gasteiger partial charge in [0, 0.05) is 6.54 Å². The Morgan fingerprint density at radius 2 is 2.46 bits per heavy atom. The van der Waals surface area contributed by atoms with Crippen LogP contribution in [0.1, 0.15) is 13.3 Å². The van der Waals surface area contributed by atoms with Gasteiger partial charge in [-0.3, -0.25) is 0 Å². The highest BCUT2D eigenvalue weighted by atomic mass is 35.5. The number of nitriles is 1. The summed E-state index contributed by atoms with van der Waals surface area (Å²) >= 11 is 7.25. The minimum absolute atomic E-state index is 0.0841. The number of nitrogens with one attached hydrogen (secondary N) is 1. The average molecular weight is 215 g/mol. The molecule has 1 N–H and O–H groups in total. The van der Waals surface area contributed by atoms with Gasteiger partial charge in [0.2, 0.25) is 0 Å². The van der Waals surface area contributed by atoms with E-state index in [1.807, 2.05) is 19.1 Å². The van der Waals surface area contributed by atoms with E-state index in [9.17, 15) is 0 Å². The van der Waals surface area contributed by atoms with Gasteiger partial charge in [0.15, 0.2) is 0 Å². The first-order valence-electron chi connectivity index (χ1n) is 4.15. The van der Waals surface area contributed by atoms with Gasteiger partial charge in [0.1, 0.15) is 0 Å². The monoisotopic (exact) mass is 214 g/mol. The molecular weight excluding hydrogens is 204 g/mol. The van der Waals surface area contributed by atoms with Crippen molar-refractivity contribution in [3.63, 3.8) is 0 Å². The number of rotatable bonds is 4. The van der Waals surface area contributed by atoms with E-state index in [1.165, 1.54) is 11.3 Å². The third-order valence-electron chi connectivity index (χ3n) is 1.77. The predicted molar refractivity (Wildman–Crippen MR) is 57.2 cm³/mol. The molecule has 1 heterocycles. The summed E-state index contributed by atoms with van der Waals surface area (Å²) in [6, 6.07) is 6.01. The fraction of sp³-hybridized carbons (Fsp3) is 0.444. The molecule has 0 aliphatic heterocycles. The zero-order valence-corrected chi connectivity index (χ0v) is 8.95. The van der Waals surface area contributed by atoms with Crippen LogP contribution in [0.5, 0.6) is 0 Å². The van der Waals surface area contributed by atoms with Crippen molar-refractivity contribution < 1.29 is 0 Å². The summed E-state index contributed by atoms with van der Waals surface area (Å²) in [6.07, 6.45) is 0.878. The van der Waals surface area contributed by atoms with E-state index >= 15 is 0 Å². The minimum Gasteiger partial charge on any atom is -0.376 e. The summed E-state index contributed by atoms with van der Waals surface area (Å²) in [7, 11) is 0. The van der Waals surface area contributed by atoms with Gasteiger partial charge in [-0.15, -0.1) is 11.3 Å². The van der Waals surface area contributed by atoms with Crippen LogP contribution in [0.4, 0.5) is 5.00 Å². The van der Waals surface area contributed by atoms with Crippen molar-refractivity contribution >= 4 is 27.9 Å². The van der Waals surface area contributed by atoms with Crippen molar-refractivity contribution in [1.29, 1.82) is 5.26 Å². The van der Waals surface area contributed by atoms with Gasteiger partial charge in [-0.2, -0.15) is 5.26 Å². The van der Waals surface area contributed by atoms with E-state index in [-0.39, 0.29) is 5.92 Å². The molecule has 0 aliphatic rings. The Bertz CT molecular complexity index is 303. The maximum absolute atomic E-state index is 8.70. The fourth-order valence-electron chi connectivity index (χ4n) is 0.914. The second-order valence-electron chi connectivity index (χ2n) is 2.72. The Balaban J connectivity index is 2.39. The first kappa shape index (κ1) is 10.4. The van der Waals surface area contributed by atoms with Gasteiger partial charge < -0.3 is 5.32 Å². The molecule has 0 saturated carbocycles. The van der Waals surface area contributed by atoms with E-state index in [0.29, 0.717) is 6.54 Å². The highest BCUT2D eigenvalue weighted by Crippen LogP contribution is 2.26. The van der Waals surface area contributed by atoms with Gasteiger partial charge in [0.05, 0.1) is 21.3 Å². The molecule has 4 heteroatoms. The molecule has 1 aromatic rings. The van der Waals surface area contributed by atoms with E-state index in [0.717, 1.165) is 15.8 Å². The molecule has 1 unspecified atom stereocenters. The standard InChI is InChI=1S/C9H11ClN2S/c1-2-7(5-11)6-12-9-4-3-8(10)13-9/h3-4,7,12H,2,6H2,1H3. The molecule has 1 atom stereocenters. The summed E-state index contributed by atoms with van der Waals surface area (Å²) in [5.74, 6) is 0.0841. The zero-order chi connectivity index (χ0) is 9.68. The number of anilines is 1. The summed E-state index contributed by atoms with van der Waals surface area (Å²) in [6.45, 7) is 2.71. The Morgan fingerprint density at radius 1 is 1.69 bits per heavy atom. The molecule has 1 aromatic heterocycles. The van der Waals surface area contributed by atoms with Crippen molar-refractivity contribution in [2.75, 3.05) is 11.9 Å². The molecular formula is C9H11ClN2S. The van der Waals surface area contributed by atoms with Gasteiger partial charge in [-0.1, -0.05) is 18.5 Å². The topological polar surface area (TPSA) is 35.8 Å². The summed E-state index contributed by atoms with van der Waals surface area (Å²) in [5.41, 5.74) is 0. The van der Waals surface area contributed by atoms with Crippen LogP contribution in [-0.2, 0) is 0 Å². The third-order valence-corrected chi connectivity index (χ3v) is 2.96. The molecule has 0 radical (unpaired) electrons. The smallest absolute Gasteiger partial charge is 0.0950 e. The SMILES string of the molecule is CCC(C#N)CNc1ccc(Cl)s1. The van der Waals surface area contributed by atoms with E-state index in [2.05, 4.69) is 11.4 Å². The molecule has 70 valence electrons. The molecule has 0 aromatic carbocycles. The largest absolute Gasteiger partial charge is 0.376 e.